The van der Waals surface area contributed by atoms with E-state index in [-0.39, 0.29) is 6.61 Å². The molecular weight excluding hydrogens is 380 g/mol. The van der Waals surface area contributed by atoms with Crippen molar-refractivity contribution in [1.82, 2.24) is 0 Å². The number of hydrogen-bond acceptors (Lipinski definition) is 2. The quantitative estimate of drug-likeness (QED) is 0.105. The normalized spacial score (nSPS) is 20.9. The van der Waals surface area contributed by atoms with Gasteiger partial charge in [-0.2, -0.15) is 0 Å². The van der Waals surface area contributed by atoms with E-state index in [0.29, 0.717) is 6.17 Å². The van der Waals surface area contributed by atoms with Crippen LogP contribution in [0, 0.1) is 0 Å². The second kappa shape index (κ2) is 20.0. The minimum atomic E-state index is 0.275. The van der Waals surface area contributed by atoms with Gasteiger partial charge in [0, 0.05) is 6.42 Å². The van der Waals surface area contributed by atoms with E-state index in [1.165, 1.54) is 116 Å². The standard InChI is InChI=1S/C28H55N2O/c1-3-5-6-7-8-9-10-11-12-13-14-15-16-17-18-19-20-21-22-23-28-29-24-25-30(28,4-2)26-27-31/h17-18,24,28,31H,3-16,19-23,25-27H2,1-2H3/q+1/b18-17+. The van der Waals surface area contributed by atoms with E-state index in [2.05, 4.69) is 32.2 Å². The van der Waals surface area contributed by atoms with Crippen molar-refractivity contribution in [3.8, 4) is 0 Å². The second-order valence-electron chi connectivity index (χ2n) is 9.76. The van der Waals surface area contributed by atoms with Crippen LogP contribution in [0.15, 0.2) is 17.1 Å². The number of nitrogens with zero attached hydrogens (tertiary/aromatic N) is 2. The van der Waals surface area contributed by atoms with E-state index in [4.69, 9.17) is 4.99 Å². The Bertz CT molecular complexity index is 448. The smallest absolute Gasteiger partial charge is 0.182 e. The Hall–Kier alpha value is -0.670. The molecule has 0 bridgehead atoms. The molecule has 1 rings (SSSR count). The van der Waals surface area contributed by atoms with Crippen molar-refractivity contribution < 1.29 is 9.59 Å². The zero-order valence-corrected chi connectivity index (χ0v) is 21.2. The Morgan fingerprint density at radius 3 is 1.81 bits per heavy atom. The first-order valence-corrected chi connectivity index (χ1v) is 13.9. The van der Waals surface area contributed by atoms with E-state index in [0.717, 1.165) is 24.1 Å². The van der Waals surface area contributed by atoms with Gasteiger partial charge in [0.05, 0.1) is 19.4 Å². The van der Waals surface area contributed by atoms with Gasteiger partial charge in [-0.25, -0.2) is 4.99 Å². The number of aliphatic imine (C=N–C) groups is 1. The molecule has 0 aromatic carbocycles. The van der Waals surface area contributed by atoms with Gasteiger partial charge < -0.3 is 5.11 Å². The van der Waals surface area contributed by atoms with Gasteiger partial charge in [-0.05, 0) is 39.0 Å². The average molecular weight is 436 g/mol. The van der Waals surface area contributed by atoms with Crippen LogP contribution in [0.25, 0.3) is 0 Å². The highest BCUT2D eigenvalue weighted by Gasteiger charge is 2.36. The first-order valence-electron chi connectivity index (χ1n) is 13.9. The fourth-order valence-corrected chi connectivity index (χ4v) is 4.99. The molecule has 1 aliphatic heterocycles. The highest BCUT2D eigenvalue weighted by Crippen LogP contribution is 2.24. The molecule has 31 heavy (non-hydrogen) atoms. The van der Waals surface area contributed by atoms with Crippen LogP contribution >= 0.6 is 0 Å². The Balaban J connectivity index is 1.85. The summed E-state index contributed by atoms with van der Waals surface area (Å²) >= 11 is 0. The lowest BCUT2D eigenvalue weighted by Gasteiger charge is -2.37. The van der Waals surface area contributed by atoms with Crippen LogP contribution in [-0.2, 0) is 0 Å². The average Bonchev–Trinajstić information content (AvgIpc) is 3.18. The zero-order valence-electron chi connectivity index (χ0n) is 21.2. The van der Waals surface area contributed by atoms with Gasteiger partial charge in [-0.1, -0.05) is 96.1 Å². The summed E-state index contributed by atoms with van der Waals surface area (Å²) < 4.78 is 0.968. The number of unbranched alkanes of at least 4 members (excludes halogenated alkanes) is 15. The van der Waals surface area contributed by atoms with Crippen LogP contribution in [-0.4, -0.2) is 48.2 Å². The first kappa shape index (κ1) is 28.4. The van der Waals surface area contributed by atoms with Gasteiger partial charge in [0.25, 0.3) is 0 Å². The summed E-state index contributed by atoms with van der Waals surface area (Å²) in [7, 11) is 0. The third kappa shape index (κ3) is 13.5. The van der Waals surface area contributed by atoms with Crippen molar-refractivity contribution in [2.75, 3.05) is 26.2 Å². The molecule has 0 amide bonds. The summed E-state index contributed by atoms with van der Waals surface area (Å²) in [5.41, 5.74) is 0. The number of rotatable bonds is 22. The molecule has 3 nitrogen and oxygen atoms in total. The Labute approximate surface area is 195 Å². The zero-order chi connectivity index (χ0) is 22.5. The molecular formula is C28H55N2O+. The molecule has 0 saturated carbocycles. The molecule has 0 aromatic rings. The Kier molecular flexibility index (Phi) is 18.3. The molecule has 2 unspecified atom stereocenters. The molecule has 3 heteroatoms. The van der Waals surface area contributed by atoms with Gasteiger partial charge in [-0.15, -0.1) is 0 Å². The predicted octanol–water partition coefficient (Wildman–Crippen LogP) is 7.82. The van der Waals surface area contributed by atoms with Crippen molar-refractivity contribution in [3.63, 3.8) is 0 Å². The molecule has 0 aliphatic carbocycles. The molecule has 1 heterocycles. The van der Waals surface area contributed by atoms with E-state index in [9.17, 15) is 5.11 Å². The lowest BCUT2D eigenvalue weighted by Crippen LogP contribution is -2.53. The maximum atomic E-state index is 9.40. The fraction of sp³-hybridized carbons (Fsp3) is 0.893. The number of quaternary nitrogens is 1. The third-order valence-corrected chi connectivity index (χ3v) is 7.25. The molecule has 182 valence electrons. The molecule has 0 aromatic heterocycles. The monoisotopic (exact) mass is 435 g/mol. The molecule has 1 aliphatic rings. The largest absolute Gasteiger partial charge is 0.391 e. The van der Waals surface area contributed by atoms with Gasteiger partial charge in [-0.3, -0.25) is 4.48 Å². The Morgan fingerprint density at radius 2 is 1.29 bits per heavy atom. The van der Waals surface area contributed by atoms with Crippen LogP contribution in [0.4, 0.5) is 0 Å². The van der Waals surface area contributed by atoms with Crippen LogP contribution < -0.4 is 0 Å². The summed E-state index contributed by atoms with van der Waals surface area (Å²) in [6.45, 7) is 7.73. The highest BCUT2D eigenvalue weighted by atomic mass is 16.3. The van der Waals surface area contributed by atoms with E-state index < -0.39 is 0 Å². The number of aliphatic hydroxyl groups is 1. The van der Waals surface area contributed by atoms with Crippen LogP contribution in [0.2, 0.25) is 0 Å². The van der Waals surface area contributed by atoms with E-state index in [1.54, 1.807) is 0 Å². The maximum Gasteiger partial charge on any atom is 0.182 e. The molecule has 2 atom stereocenters. The van der Waals surface area contributed by atoms with Crippen molar-refractivity contribution in [2.45, 2.75) is 136 Å². The third-order valence-electron chi connectivity index (χ3n) is 7.25. The molecule has 0 saturated heterocycles. The SMILES string of the molecule is CCCCCCCCCCCCCC/C=C/CCCCCC1N=CC[N+]1(CC)CCO. The van der Waals surface area contributed by atoms with Crippen molar-refractivity contribution in [3.05, 3.63) is 12.2 Å². The summed E-state index contributed by atoms with van der Waals surface area (Å²) in [5, 5.41) is 9.40. The van der Waals surface area contributed by atoms with Gasteiger partial charge >= 0.3 is 0 Å². The van der Waals surface area contributed by atoms with E-state index >= 15 is 0 Å². The van der Waals surface area contributed by atoms with Crippen LogP contribution in [0.5, 0.6) is 0 Å². The van der Waals surface area contributed by atoms with E-state index in [1.807, 2.05) is 0 Å². The summed E-state index contributed by atoms with van der Waals surface area (Å²) in [6.07, 6.45) is 32.0. The van der Waals surface area contributed by atoms with Gasteiger partial charge in [0.1, 0.15) is 13.1 Å². The lowest BCUT2D eigenvalue weighted by molar-refractivity contribution is -0.936. The topological polar surface area (TPSA) is 32.6 Å². The molecule has 1 N–H and O–H groups in total. The van der Waals surface area contributed by atoms with Crippen molar-refractivity contribution >= 4 is 6.21 Å². The Morgan fingerprint density at radius 1 is 0.774 bits per heavy atom. The van der Waals surface area contributed by atoms with Gasteiger partial charge in [0.15, 0.2) is 6.17 Å². The highest BCUT2D eigenvalue weighted by molar-refractivity contribution is 5.60. The molecule has 0 radical (unpaired) electrons. The fourth-order valence-electron chi connectivity index (χ4n) is 4.99. The minimum Gasteiger partial charge on any atom is -0.391 e. The van der Waals surface area contributed by atoms with Crippen LogP contribution in [0.3, 0.4) is 0 Å². The van der Waals surface area contributed by atoms with Crippen molar-refractivity contribution in [2.24, 2.45) is 4.99 Å². The summed E-state index contributed by atoms with van der Waals surface area (Å²) in [5.74, 6) is 0. The number of allylic oxidation sites excluding steroid dienone is 2. The maximum absolute atomic E-state index is 9.40. The van der Waals surface area contributed by atoms with Crippen molar-refractivity contribution in [1.29, 1.82) is 0 Å². The summed E-state index contributed by atoms with van der Waals surface area (Å²) in [4.78, 5) is 4.72. The summed E-state index contributed by atoms with van der Waals surface area (Å²) in [6, 6.07) is 0. The first-order chi connectivity index (χ1) is 15.3. The number of likely N-dealkylation sites (N-methyl/N-ethyl adjacent to an activating group) is 1. The number of hydrogen-bond donors (Lipinski definition) is 1. The lowest BCUT2D eigenvalue weighted by atomic mass is 10.0. The predicted molar refractivity (Wildman–Crippen MR) is 138 cm³/mol. The number of aliphatic hydroxyl groups excluding tert-OH is 1. The second-order valence-corrected chi connectivity index (χ2v) is 9.76. The molecule has 0 spiro atoms. The van der Waals surface area contributed by atoms with Crippen LogP contribution in [0.1, 0.15) is 129 Å². The molecule has 0 fully saturated rings. The van der Waals surface area contributed by atoms with Gasteiger partial charge in [0.2, 0.25) is 0 Å². The minimum absolute atomic E-state index is 0.275.